The Balaban J connectivity index is 3.26. The number of aliphatic carboxylic acids is 1. The highest BCUT2D eigenvalue weighted by Gasteiger charge is 1.98. The highest BCUT2D eigenvalue weighted by Crippen LogP contribution is 2.09. The van der Waals surface area contributed by atoms with Gasteiger partial charge in [0.15, 0.2) is 0 Å². The molecule has 0 saturated heterocycles. The van der Waals surface area contributed by atoms with E-state index in [2.05, 4.69) is 13.0 Å². The fraction of sp³-hybridized carbons (Fsp3) is 0.812. The molecule has 0 aliphatic rings. The zero-order valence-electron chi connectivity index (χ0n) is 12.3. The van der Waals surface area contributed by atoms with Crippen LogP contribution in [0.3, 0.4) is 0 Å². The van der Waals surface area contributed by atoms with Gasteiger partial charge in [-0.25, -0.2) is 0 Å². The van der Waals surface area contributed by atoms with Crippen LogP contribution in [-0.2, 0) is 4.79 Å². The van der Waals surface area contributed by atoms with E-state index in [1.165, 1.54) is 12.8 Å². The lowest BCUT2D eigenvalue weighted by Gasteiger charge is -2.04. The van der Waals surface area contributed by atoms with Crippen LogP contribution in [0.5, 0.6) is 0 Å². The predicted octanol–water partition coefficient (Wildman–Crippen LogP) is 4.30. The Bertz CT molecular complexity index is 236. The van der Waals surface area contributed by atoms with E-state index in [-0.39, 0.29) is 6.10 Å². The van der Waals surface area contributed by atoms with Crippen LogP contribution in [0, 0.1) is 0 Å². The molecule has 0 amide bonds. The molecule has 0 saturated carbocycles. The van der Waals surface area contributed by atoms with Gasteiger partial charge in [-0.2, -0.15) is 0 Å². The molecule has 0 heterocycles. The SMILES string of the molecule is CCCCC[C@@H](O)/C=C\CCCCCCCC(=O)O. The summed E-state index contributed by atoms with van der Waals surface area (Å²) in [6.45, 7) is 2.17. The minimum Gasteiger partial charge on any atom is -0.481 e. The van der Waals surface area contributed by atoms with Crippen molar-refractivity contribution in [2.45, 2.75) is 83.7 Å². The number of aliphatic hydroxyl groups excluding tert-OH is 1. The summed E-state index contributed by atoms with van der Waals surface area (Å²) in [5, 5.41) is 18.1. The molecule has 0 spiro atoms. The smallest absolute Gasteiger partial charge is 0.303 e. The summed E-state index contributed by atoms with van der Waals surface area (Å²) in [4.78, 5) is 10.3. The Hall–Kier alpha value is -0.830. The third-order valence-electron chi connectivity index (χ3n) is 3.22. The second-order valence-corrected chi connectivity index (χ2v) is 5.19. The van der Waals surface area contributed by atoms with Gasteiger partial charge in [0, 0.05) is 6.42 Å². The van der Waals surface area contributed by atoms with Gasteiger partial charge in [0.05, 0.1) is 6.10 Å². The highest BCUT2D eigenvalue weighted by molar-refractivity contribution is 5.66. The molecule has 19 heavy (non-hydrogen) atoms. The van der Waals surface area contributed by atoms with Gasteiger partial charge in [-0.05, 0) is 25.7 Å². The average Bonchev–Trinajstić information content (AvgIpc) is 2.36. The van der Waals surface area contributed by atoms with E-state index in [0.717, 1.165) is 51.4 Å². The summed E-state index contributed by atoms with van der Waals surface area (Å²) in [6.07, 6.45) is 14.6. The molecular formula is C16H30O3. The number of carbonyl (C=O) groups is 1. The van der Waals surface area contributed by atoms with Crippen molar-refractivity contribution in [2.75, 3.05) is 0 Å². The first-order valence-corrected chi connectivity index (χ1v) is 7.73. The predicted molar refractivity (Wildman–Crippen MR) is 79.2 cm³/mol. The minimum atomic E-state index is -0.694. The summed E-state index contributed by atoms with van der Waals surface area (Å²) in [5.74, 6) is -0.694. The Morgan fingerprint density at radius 3 is 2.42 bits per heavy atom. The average molecular weight is 270 g/mol. The number of aliphatic hydroxyl groups is 1. The van der Waals surface area contributed by atoms with E-state index in [1.54, 1.807) is 0 Å². The standard InChI is InChI=1S/C16H30O3/c1-2-3-9-12-15(17)13-10-7-5-4-6-8-11-14-16(18)19/h10,13,15,17H,2-9,11-12,14H2,1H3,(H,18,19)/b13-10-/t15-/m1/s1. The molecule has 3 nitrogen and oxygen atoms in total. The molecule has 0 aromatic carbocycles. The summed E-state index contributed by atoms with van der Waals surface area (Å²) in [5.41, 5.74) is 0. The normalized spacial score (nSPS) is 12.9. The van der Waals surface area contributed by atoms with Crippen molar-refractivity contribution in [3.63, 3.8) is 0 Å². The van der Waals surface area contributed by atoms with E-state index in [9.17, 15) is 9.90 Å². The quantitative estimate of drug-likeness (QED) is 0.387. The van der Waals surface area contributed by atoms with Gasteiger partial charge in [-0.3, -0.25) is 4.79 Å². The maximum Gasteiger partial charge on any atom is 0.303 e. The van der Waals surface area contributed by atoms with Crippen LogP contribution in [0.25, 0.3) is 0 Å². The Morgan fingerprint density at radius 1 is 1.05 bits per heavy atom. The van der Waals surface area contributed by atoms with E-state index in [0.29, 0.717) is 6.42 Å². The van der Waals surface area contributed by atoms with Crippen molar-refractivity contribution in [2.24, 2.45) is 0 Å². The van der Waals surface area contributed by atoms with Crippen molar-refractivity contribution >= 4 is 5.97 Å². The van der Waals surface area contributed by atoms with Crippen LogP contribution in [0.15, 0.2) is 12.2 Å². The first-order valence-electron chi connectivity index (χ1n) is 7.73. The molecule has 0 unspecified atom stereocenters. The molecule has 0 rings (SSSR count). The van der Waals surface area contributed by atoms with E-state index < -0.39 is 5.97 Å². The van der Waals surface area contributed by atoms with Gasteiger partial charge in [0.2, 0.25) is 0 Å². The second kappa shape index (κ2) is 13.6. The lowest BCUT2D eigenvalue weighted by atomic mass is 10.1. The van der Waals surface area contributed by atoms with Gasteiger partial charge >= 0.3 is 5.97 Å². The number of carboxylic acid groups (broad SMARTS) is 1. The number of allylic oxidation sites excluding steroid dienone is 1. The van der Waals surface area contributed by atoms with E-state index in [4.69, 9.17) is 5.11 Å². The van der Waals surface area contributed by atoms with Gasteiger partial charge < -0.3 is 10.2 Å². The number of carboxylic acids is 1. The Labute approximate surface area is 117 Å². The molecule has 2 N–H and O–H groups in total. The zero-order valence-corrected chi connectivity index (χ0v) is 12.3. The maximum atomic E-state index is 10.3. The van der Waals surface area contributed by atoms with E-state index >= 15 is 0 Å². The zero-order chi connectivity index (χ0) is 14.3. The fourth-order valence-corrected chi connectivity index (χ4v) is 2.02. The van der Waals surface area contributed by atoms with Crippen LogP contribution >= 0.6 is 0 Å². The molecule has 0 fully saturated rings. The van der Waals surface area contributed by atoms with Crippen LogP contribution in [-0.4, -0.2) is 22.3 Å². The molecule has 0 aliphatic heterocycles. The minimum absolute atomic E-state index is 0.276. The first kappa shape index (κ1) is 18.2. The Kier molecular flexibility index (Phi) is 13.0. The van der Waals surface area contributed by atoms with Crippen molar-refractivity contribution in [3.8, 4) is 0 Å². The van der Waals surface area contributed by atoms with Crippen LogP contribution < -0.4 is 0 Å². The van der Waals surface area contributed by atoms with E-state index in [1.807, 2.05) is 6.08 Å². The van der Waals surface area contributed by atoms with Crippen LogP contribution in [0.4, 0.5) is 0 Å². The maximum absolute atomic E-state index is 10.3. The molecule has 112 valence electrons. The Morgan fingerprint density at radius 2 is 1.74 bits per heavy atom. The highest BCUT2D eigenvalue weighted by atomic mass is 16.4. The van der Waals surface area contributed by atoms with Gasteiger partial charge in [0.25, 0.3) is 0 Å². The van der Waals surface area contributed by atoms with Gasteiger partial charge in [0.1, 0.15) is 0 Å². The van der Waals surface area contributed by atoms with Gasteiger partial charge in [-0.15, -0.1) is 0 Å². The number of hydrogen-bond donors (Lipinski definition) is 2. The summed E-state index contributed by atoms with van der Waals surface area (Å²) in [7, 11) is 0. The van der Waals surface area contributed by atoms with Crippen LogP contribution in [0.2, 0.25) is 0 Å². The monoisotopic (exact) mass is 270 g/mol. The van der Waals surface area contributed by atoms with Crippen molar-refractivity contribution in [1.29, 1.82) is 0 Å². The second-order valence-electron chi connectivity index (χ2n) is 5.19. The number of hydrogen-bond acceptors (Lipinski definition) is 2. The largest absolute Gasteiger partial charge is 0.481 e. The van der Waals surface area contributed by atoms with Gasteiger partial charge in [-0.1, -0.05) is 57.6 Å². The molecule has 0 aliphatic carbocycles. The third kappa shape index (κ3) is 15.1. The first-order chi connectivity index (χ1) is 9.16. The third-order valence-corrected chi connectivity index (χ3v) is 3.22. The van der Waals surface area contributed by atoms with Crippen LogP contribution in [0.1, 0.15) is 77.6 Å². The molecule has 0 aromatic heterocycles. The van der Waals surface area contributed by atoms with Crippen molar-refractivity contribution in [1.82, 2.24) is 0 Å². The fourth-order valence-electron chi connectivity index (χ4n) is 2.02. The number of rotatable bonds is 13. The number of unbranched alkanes of at least 4 members (excludes halogenated alkanes) is 7. The summed E-state index contributed by atoms with van der Waals surface area (Å²) >= 11 is 0. The lowest BCUT2D eigenvalue weighted by Crippen LogP contribution is -2.01. The lowest BCUT2D eigenvalue weighted by molar-refractivity contribution is -0.137. The molecular weight excluding hydrogens is 240 g/mol. The topological polar surface area (TPSA) is 57.5 Å². The molecule has 1 atom stereocenters. The molecule has 0 radical (unpaired) electrons. The van der Waals surface area contributed by atoms with Crippen molar-refractivity contribution in [3.05, 3.63) is 12.2 Å². The molecule has 3 heteroatoms. The summed E-state index contributed by atoms with van der Waals surface area (Å²) in [6, 6.07) is 0. The molecule has 0 bridgehead atoms. The molecule has 0 aromatic rings. The van der Waals surface area contributed by atoms with Crippen molar-refractivity contribution < 1.29 is 15.0 Å². The summed E-state index contributed by atoms with van der Waals surface area (Å²) < 4.78 is 0.